The Balaban J connectivity index is 1.80. The number of hydrogen-bond acceptors (Lipinski definition) is 2. The zero-order valence-corrected chi connectivity index (χ0v) is 17.1. The molecule has 0 atom stereocenters. The monoisotopic (exact) mass is 386 g/mol. The SMILES string of the molecule is Cc1ccccc1NC(=O)c1cccc(C(=O)N(Cc2ccccc2)C(C)C)c1. The molecule has 3 aromatic rings. The van der Waals surface area contributed by atoms with E-state index in [9.17, 15) is 9.59 Å². The maximum Gasteiger partial charge on any atom is 0.255 e. The zero-order valence-electron chi connectivity index (χ0n) is 17.1. The molecule has 0 fully saturated rings. The van der Waals surface area contributed by atoms with Gasteiger partial charge in [0.15, 0.2) is 0 Å². The van der Waals surface area contributed by atoms with E-state index in [1.165, 1.54) is 0 Å². The van der Waals surface area contributed by atoms with Gasteiger partial charge in [-0.3, -0.25) is 9.59 Å². The van der Waals surface area contributed by atoms with E-state index in [1.807, 2.05) is 80.3 Å². The second-order valence-corrected chi connectivity index (χ2v) is 7.36. The number of anilines is 1. The third kappa shape index (κ3) is 5.11. The van der Waals surface area contributed by atoms with Gasteiger partial charge in [-0.05, 0) is 56.2 Å². The zero-order chi connectivity index (χ0) is 20.8. The molecule has 29 heavy (non-hydrogen) atoms. The fourth-order valence-corrected chi connectivity index (χ4v) is 3.14. The van der Waals surface area contributed by atoms with Crippen molar-refractivity contribution in [1.82, 2.24) is 4.90 Å². The first-order chi connectivity index (χ1) is 14.0. The van der Waals surface area contributed by atoms with Gasteiger partial charge in [-0.25, -0.2) is 0 Å². The summed E-state index contributed by atoms with van der Waals surface area (Å²) in [6.07, 6.45) is 0. The fraction of sp³-hybridized carbons (Fsp3) is 0.200. The average molecular weight is 386 g/mol. The third-order valence-corrected chi connectivity index (χ3v) is 4.84. The van der Waals surface area contributed by atoms with Crippen LogP contribution in [0.25, 0.3) is 0 Å². The van der Waals surface area contributed by atoms with Crippen LogP contribution in [0.5, 0.6) is 0 Å². The lowest BCUT2D eigenvalue weighted by Crippen LogP contribution is -2.36. The van der Waals surface area contributed by atoms with E-state index >= 15 is 0 Å². The molecule has 0 aromatic heterocycles. The number of carbonyl (C=O) groups is 2. The molecule has 0 saturated carbocycles. The Morgan fingerprint density at radius 2 is 1.52 bits per heavy atom. The first-order valence-corrected chi connectivity index (χ1v) is 9.77. The molecule has 1 N–H and O–H groups in total. The lowest BCUT2D eigenvalue weighted by molar-refractivity contribution is 0.0690. The molecule has 4 nitrogen and oxygen atoms in total. The van der Waals surface area contributed by atoms with Crippen LogP contribution in [-0.4, -0.2) is 22.8 Å². The standard InChI is InChI=1S/C25H26N2O2/c1-18(2)27(17-20-11-5-4-6-12-20)25(29)22-14-9-13-21(16-22)24(28)26-23-15-8-7-10-19(23)3/h4-16,18H,17H2,1-3H3,(H,26,28). The molecule has 0 heterocycles. The van der Waals surface area contributed by atoms with Gasteiger partial charge in [0.05, 0.1) is 0 Å². The van der Waals surface area contributed by atoms with Gasteiger partial charge in [0.2, 0.25) is 0 Å². The van der Waals surface area contributed by atoms with Crippen LogP contribution in [0.4, 0.5) is 5.69 Å². The average Bonchev–Trinajstić information content (AvgIpc) is 2.74. The number of rotatable bonds is 6. The number of nitrogens with one attached hydrogen (secondary N) is 1. The van der Waals surface area contributed by atoms with E-state index in [4.69, 9.17) is 0 Å². The molecule has 3 aromatic carbocycles. The number of aryl methyl sites for hydroxylation is 1. The number of para-hydroxylation sites is 1. The summed E-state index contributed by atoms with van der Waals surface area (Å²) in [4.78, 5) is 27.7. The Labute approximate surface area is 172 Å². The highest BCUT2D eigenvalue weighted by Gasteiger charge is 2.20. The molecular weight excluding hydrogens is 360 g/mol. The lowest BCUT2D eigenvalue weighted by atomic mass is 10.1. The lowest BCUT2D eigenvalue weighted by Gasteiger charge is -2.27. The first kappa shape index (κ1) is 20.3. The van der Waals surface area contributed by atoms with Crippen LogP contribution < -0.4 is 5.32 Å². The van der Waals surface area contributed by atoms with E-state index in [0.717, 1.165) is 16.8 Å². The van der Waals surface area contributed by atoms with E-state index in [0.29, 0.717) is 17.7 Å². The molecule has 0 radical (unpaired) electrons. The molecule has 0 saturated heterocycles. The molecule has 4 heteroatoms. The number of benzene rings is 3. The number of nitrogens with zero attached hydrogens (tertiary/aromatic N) is 1. The molecule has 0 spiro atoms. The van der Waals surface area contributed by atoms with Crippen molar-refractivity contribution in [1.29, 1.82) is 0 Å². The summed E-state index contributed by atoms with van der Waals surface area (Å²) >= 11 is 0. The van der Waals surface area contributed by atoms with Crippen LogP contribution >= 0.6 is 0 Å². The summed E-state index contributed by atoms with van der Waals surface area (Å²) in [6.45, 7) is 6.46. The molecule has 3 rings (SSSR count). The van der Waals surface area contributed by atoms with Gasteiger partial charge in [-0.15, -0.1) is 0 Å². The van der Waals surface area contributed by atoms with Gasteiger partial charge in [-0.1, -0.05) is 54.6 Å². The highest BCUT2D eigenvalue weighted by Crippen LogP contribution is 2.17. The van der Waals surface area contributed by atoms with Crippen LogP contribution in [0.2, 0.25) is 0 Å². The maximum atomic E-state index is 13.2. The van der Waals surface area contributed by atoms with Crippen molar-refractivity contribution in [2.24, 2.45) is 0 Å². The van der Waals surface area contributed by atoms with E-state index in [2.05, 4.69) is 5.32 Å². The molecule has 0 aliphatic rings. The van der Waals surface area contributed by atoms with Crippen LogP contribution in [-0.2, 0) is 6.54 Å². The first-order valence-electron chi connectivity index (χ1n) is 9.77. The van der Waals surface area contributed by atoms with Crippen molar-refractivity contribution in [3.05, 3.63) is 101 Å². The summed E-state index contributed by atoms with van der Waals surface area (Å²) in [5.74, 6) is -0.317. The molecule has 2 amide bonds. The third-order valence-electron chi connectivity index (χ3n) is 4.84. The topological polar surface area (TPSA) is 49.4 Å². The summed E-state index contributed by atoms with van der Waals surface area (Å²) in [6, 6.07) is 24.5. The number of hydrogen-bond donors (Lipinski definition) is 1. The summed E-state index contributed by atoms with van der Waals surface area (Å²) in [5, 5.41) is 2.92. The van der Waals surface area contributed by atoms with Crippen molar-refractivity contribution >= 4 is 17.5 Å². The van der Waals surface area contributed by atoms with Gasteiger partial charge in [0.25, 0.3) is 11.8 Å². The predicted octanol–water partition coefficient (Wildman–Crippen LogP) is 5.30. The van der Waals surface area contributed by atoms with Gasteiger partial charge in [0, 0.05) is 29.4 Å². The fourth-order valence-electron chi connectivity index (χ4n) is 3.14. The molecule has 148 valence electrons. The smallest absolute Gasteiger partial charge is 0.255 e. The largest absolute Gasteiger partial charge is 0.332 e. The minimum atomic E-state index is -0.229. The van der Waals surface area contributed by atoms with Crippen LogP contribution in [0.3, 0.4) is 0 Å². The highest BCUT2D eigenvalue weighted by molar-refractivity contribution is 6.06. The predicted molar refractivity (Wildman–Crippen MR) is 117 cm³/mol. The van der Waals surface area contributed by atoms with Crippen molar-refractivity contribution in [3.63, 3.8) is 0 Å². The molecule has 0 aliphatic carbocycles. The normalized spacial score (nSPS) is 10.6. The van der Waals surface area contributed by atoms with E-state index in [1.54, 1.807) is 24.3 Å². The van der Waals surface area contributed by atoms with Crippen molar-refractivity contribution in [2.75, 3.05) is 5.32 Å². The van der Waals surface area contributed by atoms with Crippen molar-refractivity contribution in [2.45, 2.75) is 33.4 Å². The second kappa shape index (κ2) is 9.20. The number of carbonyl (C=O) groups excluding carboxylic acids is 2. The van der Waals surface area contributed by atoms with Gasteiger partial charge in [0.1, 0.15) is 0 Å². The Hall–Kier alpha value is -3.40. The summed E-state index contributed by atoms with van der Waals surface area (Å²) in [5.41, 5.74) is 3.79. The van der Waals surface area contributed by atoms with Crippen molar-refractivity contribution < 1.29 is 9.59 Å². The molecular formula is C25H26N2O2. The quantitative estimate of drug-likeness (QED) is 0.625. The Bertz CT molecular complexity index is 996. The van der Waals surface area contributed by atoms with Gasteiger partial charge >= 0.3 is 0 Å². The minimum Gasteiger partial charge on any atom is -0.332 e. The molecule has 0 unspecified atom stereocenters. The number of amides is 2. The summed E-state index contributed by atoms with van der Waals surface area (Å²) < 4.78 is 0. The highest BCUT2D eigenvalue weighted by atomic mass is 16.2. The van der Waals surface area contributed by atoms with Crippen molar-refractivity contribution in [3.8, 4) is 0 Å². The van der Waals surface area contributed by atoms with Crippen LogP contribution in [0.15, 0.2) is 78.9 Å². The van der Waals surface area contributed by atoms with Crippen LogP contribution in [0, 0.1) is 6.92 Å². The minimum absolute atomic E-state index is 0.0344. The van der Waals surface area contributed by atoms with E-state index < -0.39 is 0 Å². The Kier molecular flexibility index (Phi) is 6.45. The summed E-state index contributed by atoms with van der Waals surface area (Å²) in [7, 11) is 0. The Morgan fingerprint density at radius 1 is 0.862 bits per heavy atom. The second-order valence-electron chi connectivity index (χ2n) is 7.36. The van der Waals surface area contributed by atoms with Crippen LogP contribution in [0.1, 0.15) is 45.7 Å². The van der Waals surface area contributed by atoms with E-state index in [-0.39, 0.29) is 17.9 Å². The van der Waals surface area contributed by atoms with Gasteiger partial charge < -0.3 is 10.2 Å². The van der Waals surface area contributed by atoms with Gasteiger partial charge in [-0.2, -0.15) is 0 Å². The maximum absolute atomic E-state index is 13.2. The Morgan fingerprint density at radius 3 is 2.21 bits per heavy atom. The molecule has 0 bridgehead atoms. The molecule has 0 aliphatic heterocycles.